The highest BCUT2D eigenvalue weighted by molar-refractivity contribution is 6.30. The Morgan fingerprint density at radius 1 is 1.37 bits per heavy atom. The van der Waals surface area contributed by atoms with Crippen LogP contribution in [-0.4, -0.2) is 37.1 Å². The van der Waals surface area contributed by atoms with Crippen LogP contribution in [0, 0.1) is 5.82 Å². The summed E-state index contributed by atoms with van der Waals surface area (Å²) in [5, 5.41) is 3.89. The Bertz CT molecular complexity index is 419. The SMILES string of the molecule is CCNC(Cc1ccc(Cl)cc1F)C(C)(C)N(C)C. The van der Waals surface area contributed by atoms with E-state index in [9.17, 15) is 4.39 Å². The zero-order valence-corrected chi connectivity index (χ0v) is 13.2. The van der Waals surface area contributed by atoms with Crippen LogP contribution in [0.2, 0.25) is 5.02 Å². The molecule has 0 aliphatic rings. The average Bonchev–Trinajstić information content (AvgIpc) is 2.31. The van der Waals surface area contributed by atoms with Crippen LogP contribution >= 0.6 is 11.6 Å². The Kier molecular flexibility index (Phi) is 5.78. The zero-order valence-electron chi connectivity index (χ0n) is 12.4. The summed E-state index contributed by atoms with van der Waals surface area (Å²) in [6, 6.07) is 5.06. The molecule has 0 fully saturated rings. The van der Waals surface area contributed by atoms with Gasteiger partial charge in [0.25, 0.3) is 0 Å². The van der Waals surface area contributed by atoms with Crippen LogP contribution in [0.5, 0.6) is 0 Å². The minimum absolute atomic E-state index is 0.0674. The van der Waals surface area contributed by atoms with Gasteiger partial charge in [0.2, 0.25) is 0 Å². The second kappa shape index (κ2) is 6.69. The summed E-state index contributed by atoms with van der Waals surface area (Å²) in [6.45, 7) is 7.25. The number of likely N-dealkylation sites (N-methyl/N-ethyl adjacent to an activating group) is 2. The van der Waals surface area contributed by atoms with Crippen molar-refractivity contribution in [3.8, 4) is 0 Å². The monoisotopic (exact) mass is 286 g/mol. The summed E-state index contributed by atoms with van der Waals surface area (Å²) in [5.41, 5.74) is 0.632. The lowest BCUT2D eigenvalue weighted by Crippen LogP contribution is -2.56. The van der Waals surface area contributed by atoms with Crippen LogP contribution in [-0.2, 0) is 6.42 Å². The molecular formula is C15H24ClFN2. The summed E-state index contributed by atoms with van der Waals surface area (Å²) >= 11 is 5.79. The Morgan fingerprint density at radius 2 is 2.00 bits per heavy atom. The molecule has 2 nitrogen and oxygen atoms in total. The first-order chi connectivity index (χ1) is 8.78. The maximum Gasteiger partial charge on any atom is 0.127 e. The Hall–Kier alpha value is -0.640. The molecule has 108 valence electrons. The molecule has 0 amide bonds. The molecule has 0 aliphatic carbocycles. The van der Waals surface area contributed by atoms with Crippen molar-refractivity contribution in [2.75, 3.05) is 20.6 Å². The first-order valence-corrected chi connectivity index (χ1v) is 7.01. The number of rotatable bonds is 6. The summed E-state index contributed by atoms with van der Waals surface area (Å²) < 4.78 is 13.9. The van der Waals surface area contributed by atoms with E-state index in [-0.39, 0.29) is 17.4 Å². The third-order valence-electron chi connectivity index (χ3n) is 3.90. The number of nitrogens with one attached hydrogen (secondary N) is 1. The van der Waals surface area contributed by atoms with E-state index in [1.54, 1.807) is 12.1 Å². The average molecular weight is 287 g/mol. The molecule has 0 saturated carbocycles. The lowest BCUT2D eigenvalue weighted by atomic mass is 9.88. The highest BCUT2D eigenvalue weighted by Crippen LogP contribution is 2.22. The molecule has 1 atom stereocenters. The summed E-state index contributed by atoms with van der Waals surface area (Å²) in [7, 11) is 4.09. The Balaban J connectivity index is 2.95. The van der Waals surface area contributed by atoms with Gasteiger partial charge in [-0.15, -0.1) is 0 Å². The van der Waals surface area contributed by atoms with Crippen molar-refractivity contribution in [1.82, 2.24) is 10.2 Å². The zero-order chi connectivity index (χ0) is 14.6. The standard InChI is InChI=1S/C15H24ClFN2/c1-6-18-14(15(2,3)19(4)5)9-11-7-8-12(16)10-13(11)17/h7-8,10,14,18H,6,9H2,1-5H3. The van der Waals surface area contributed by atoms with E-state index >= 15 is 0 Å². The normalized spacial score (nSPS) is 13.9. The van der Waals surface area contributed by atoms with Crippen LogP contribution in [0.4, 0.5) is 4.39 Å². The third-order valence-corrected chi connectivity index (χ3v) is 4.13. The third kappa shape index (κ3) is 4.16. The van der Waals surface area contributed by atoms with Crippen molar-refractivity contribution in [1.29, 1.82) is 0 Å². The van der Waals surface area contributed by atoms with Crippen molar-refractivity contribution in [3.63, 3.8) is 0 Å². The predicted molar refractivity (Wildman–Crippen MR) is 80.3 cm³/mol. The van der Waals surface area contributed by atoms with E-state index in [0.29, 0.717) is 17.0 Å². The number of hydrogen-bond donors (Lipinski definition) is 1. The van der Waals surface area contributed by atoms with E-state index in [2.05, 4.69) is 31.0 Å². The van der Waals surface area contributed by atoms with Gasteiger partial charge >= 0.3 is 0 Å². The van der Waals surface area contributed by atoms with Crippen LogP contribution < -0.4 is 5.32 Å². The lowest BCUT2D eigenvalue weighted by Gasteiger charge is -2.40. The molecule has 1 rings (SSSR count). The number of hydrogen-bond acceptors (Lipinski definition) is 2. The maximum atomic E-state index is 13.9. The highest BCUT2D eigenvalue weighted by atomic mass is 35.5. The molecule has 1 aromatic rings. The van der Waals surface area contributed by atoms with Crippen molar-refractivity contribution in [2.45, 2.75) is 38.8 Å². The van der Waals surface area contributed by atoms with Crippen molar-refractivity contribution in [2.24, 2.45) is 0 Å². The number of halogens is 2. The molecule has 1 unspecified atom stereocenters. The molecule has 0 aromatic heterocycles. The summed E-state index contributed by atoms with van der Waals surface area (Å²) in [4.78, 5) is 2.16. The van der Waals surface area contributed by atoms with E-state index < -0.39 is 0 Å². The van der Waals surface area contributed by atoms with Crippen LogP contribution in [0.15, 0.2) is 18.2 Å². The number of nitrogens with zero attached hydrogens (tertiary/aromatic N) is 1. The minimum atomic E-state index is -0.232. The number of benzene rings is 1. The first-order valence-electron chi connectivity index (χ1n) is 6.63. The van der Waals surface area contributed by atoms with Gasteiger partial charge < -0.3 is 10.2 Å². The van der Waals surface area contributed by atoms with Gasteiger partial charge in [-0.05, 0) is 58.6 Å². The van der Waals surface area contributed by atoms with Gasteiger partial charge in [0, 0.05) is 16.6 Å². The Morgan fingerprint density at radius 3 is 2.47 bits per heavy atom. The second-order valence-electron chi connectivity index (χ2n) is 5.60. The lowest BCUT2D eigenvalue weighted by molar-refractivity contribution is 0.137. The summed E-state index contributed by atoms with van der Waals surface area (Å²) in [5.74, 6) is -0.232. The maximum absolute atomic E-state index is 13.9. The van der Waals surface area contributed by atoms with Gasteiger partial charge in [0.05, 0.1) is 0 Å². The van der Waals surface area contributed by atoms with Crippen LogP contribution in [0.25, 0.3) is 0 Å². The van der Waals surface area contributed by atoms with Crippen LogP contribution in [0.1, 0.15) is 26.3 Å². The fourth-order valence-electron chi connectivity index (χ4n) is 2.04. The molecular weight excluding hydrogens is 263 g/mol. The molecule has 0 saturated heterocycles. The summed E-state index contributed by atoms with van der Waals surface area (Å²) in [6.07, 6.45) is 0.641. The van der Waals surface area contributed by atoms with Gasteiger partial charge in [-0.1, -0.05) is 24.6 Å². The van der Waals surface area contributed by atoms with Gasteiger partial charge in [-0.3, -0.25) is 0 Å². The molecule has 0 bridgehead atoms. The minimum Gasteiger partial charge on any atom is -0.312 e. The molecule has 0 heterocycles. The van der Waals surface area contributed by atoms with Gasteiger partial charge in [-0.2, -0.15) is 0 Å². The molecule has 0 spiro atoms. The van der Waals surface area contributed by atoms with Crippen molar-refractivity contribution < 1.29 is 4.39 Å². The topological polar surface area (TPSA) is 15.3 Å². The smallest absolute Gasteiger partial charge is 0.127 e. The van der Waals surface area contributed by atoms with E-state index in [4.69, 9.17) is 11.6 Å². The van der Waals surface area contributed by atoms with Gasteiger partial charge in [0.15, 0.2) is 0 Å². The van der Waals surface area contributed by atoms with Crippen molar-refractivity contribution >= 4 is 11.6 Å². The molecule has 19 heavy (non-hydrogen) atoms. The largest absolute Gasteiger partial charge is 0.312 e. The molecule has 4 heteroatoms. The van der Waals surface area contributed by atoms with Crippen molar-refractivity contribution in [3.05, 3.63) is 34.6 Å². The molecule has 0 aliphatic heterocycles. The second-order valence-corrected chi connectivity index (χ2v) is 6.03. The van der Waals surface area contributed by atoms with E-state index in [0.717, 1.165) is 6.54 Å². The first kappa shape index (κ1) is 16.4. The molecule has 0 radical (unpaired) electrons. The predicted octanol–water partition coefficient (Wildman–Crippen LogP) is 3.34. The van der Waals surface area contributed by atoms with E-state index in [1.165, 1.54) is 6.07 Å². The van der Waals surface area contributed by atoms with E-state index in [1.807, 2.05) is 14.1 Å². The Labute approximate surface area is 120 Å². The van der Waals surface area contributed by atoms with Crippen LogP contribution in [0.3, 0.4) is 0 Å². The van der Waals surface area contributed by atoms with Gasteiger partial charge in [0.1, 0.15) is 5.82 Å². The fourth-order valence-corrected chi connectivity index (χ4v) is 2.20. The molecule has 1 aromatic carbocycles. The van der Waals surface area contributed by atoms with Gasteiger partial charge in [-0.25, -0.2) is 4.39 Å². The fraction of sp³-hybridized carbons (Fsp3) is 0.600. The molecule has 1 N–H and O–H groups in total. The highest BCUT2D eigenvalue weighted by Gasteiger charge is 2.31. The quantitative estimate of drug-likeness (QED) is 0.863.